The third kappa shape index (κ3) is 2.77. The monoisotopic (exact) mass is 248 g/mol. The van der Waals surface area contributed by atoms with Gasteiger partial charge in [0.2, 0.25) is 0 Å². The number of rotatable bonds is 3. The van der Waals surface area contributed by atoms with Crippen molar-refractivity contribution in [3.63, 3.8) is 0 Å². The van der Waals surface area contributed by atoms with Gasteiger partial charge in [-0.1, -0.05) is 6.07 Å². The first-order valence-electron chi connectivity index (χ1n) is 5.48. The molecule has 0 bridgehead atoms. The van der Waals surface area contributed by atoms with Crippen molar-refractivity contribution in [2.45, 2.75) is 27.4 Å². The number of nitrogens with zero attached hydrogens (tertiary/aromatic N) is 1. The van der Waals surface area contributed by atoms with Crippen LogP contribution in [0.1, 0.15) is 21.1 Å². The van der Waals surface area contributed by atoms with Gasteiger partial charge in [-0.15, -0.1) is 11.3 Å². The Bertz CT molecular complexity index is 515. The molecule has 2 N–H and O–H groups in total. The zero-order valence-corrected chi connectivity index (χ0v) is 11.1. The molecular weight excluding hydrogens is 232 g/mol. The van der Waals surface area contributed by atoms with E-state index in [1.54, 1.807) is 11.3 Å². The number of hydrogen-bond acceptors (Lipinski definition) is 4. The summed E-state index contributed by atoms with van der Waals surface area (Å²) in [5.41, 5.74) is 8.62. The summed E-state index contributed by atoms with van der Waals surface area (Å²) in [5, 5.41) is 1.00. The van der Waals surface area contributed by atoms with Crippen LogP contribution >= 0.6 is 11.3 Å². The SMILES string of the molecule is Cc1ccc(N)cc1OCc1nc(C)c(C)s1. The Balaban J connectivity index is 2.09. The lowest BCUT2D eigenvalue weighted by Crippen LogP contribution is -1.97. The van der Waals surface area contributed by atoms with Crippen LogP contribution in [0.25, 0.3) is 0 Å². The zero-order valence-electron chi connectivity index (χ0n) is 10.3. The highest BCUT2D eigenvalue weighted by atomic mass is 32.1. The van der Waals surface area contributed by atoms with E-state index in [1.807, 2.05) is 32.0 Å². The lowest BCUT2D eigenvalue weighted by atomic mass is 10.2. The average Bonchev–Trinajstić information content (AvgIpc) is 2.60. The van der Waals surface area contributed by atoms with Gasteiger partial charge < -0.3 is 10.5 Å². The van der Waals surface area contributed by atoms with Gasteiger partial charge in [-0.25, -0.2) is 4.98 Å². The predicted octanol–water partition coefficient (Wildman–Crippen LogP) is 3.23. The second-order valence-electron chi connectivity index (χ2n) is 4.06. The molecule has 90 valence electrons. The first-order valence-corrected chi connectivity index (χ1v) is 6.30. The van der Waals surface area contributed by atoms with Crippen molar-refractivity contribution in [3.8, 4) is 5.75 Å². The van der Waals surface area contributed by atoms with Gasteiger partial charge in [0.25, 0.3) is 0 Å². The van der Waals surface area contributed by atoms with E-state index in [1.165, 1.54) is 4.88 Å². The van der Waals surface area contributed by atoms with Crippen molar-refractivity contribution in [1.29, 1.82) is 0 Å². The summed E-state index contributed by atoms with van der Waals surface area (Å²) in [6.07, 6.45) is 0. The predicted molar refractivity (Wildman–Crippen MR) is 71.5 cm³/mol. The zero-order chi connectivity index (χ0) is 12.4. The third-order valence-corrected chi connectivity index (χ3v) is 3.68. The fourth-order valence-corrected chi connectivity index (χ4v) is 2.36. The van der Waals surface area contributed by atoms with E-state index in [-0.39, 0.29) is 0 Å². The quantitative estimate of drug-likeness (QED) is 0.848. The molecule has 0 amide bonds. The summed E-state index contributed by atoms with van der Waals surface area (Å²) >= 11 is 1.68. The summed E-state index contributed by atoms with van der Waals surface area (Å²) in [7, 11) is 0. The maximum Gasteiger partial charge on any atom is 0.140 e. The van der Waals surface area contributed by atoms with E-state index in [9.17, 15) is 0 Å². The normalized spacial score (nSPS) is 10.5. The molecule has 3 nitrogen and oxygen atoms in total. The fraction of sp³-hybridized carbons (Fsp3) is 0.308. The molecule has 0 saturated heterocycles. The van der Waals surface area contributed by atoms with Crippen molar-refractivity contribution in [2.24, 2.45) is 0 Å². The van der Waals surface area contributed by atoms with Crippen LogP contribution in [0.4, 0.5) is 5.69 Å². The molecule has 1 aromatic carbocycles. The number of hydrogen-bond donors (Lipinski definition) is 1. The fourth-order valence-electron chi connectivity index (χ4n) is 1.51. The van der Waals surface area contributed by atoms with Crippen LogP contribution in [0.2, 0.25) is 0 Å². The van der Waals surface area contributed by atoms with Gasteiger partial charge in [0.15, 0.2) is 0 Å². The van der Waals surface area contributed by atoms with Crippen molar-refractivity contribution >= 4 is 17.0 Å². The van der Waals surface area contributed by atoms with Crippen LogP contribution in [-0.4, -0.2) is 4.98 Å². The average molecular weight is 248 g/mol. The third-order valence-electron chi connectivity index (χ3n) is 2.64. The standard InChI is InChI=1S/C13H16N2OS/c1-8-4-5-11(14)6-12(8)16-7-13-15-9(2)10(3)17-13/h4-6H,7,14H2,1-3H3. The van der Waals surface area contributed by atoms with Crippen LogP contribution < -0.4 is 10.5 Å². The highest BCUT2D eigenvalue weighted by molar-refractivity contribution is 7.11. The minimum absolute atomic E-state index is 0.504. The van der Waals surface area contributed by atoms with Gasteiger partial charge in [0.05, 0.1) is 5.69 Å². The largest absolute Gasteiger partial charge is 0.486 e. The Labute approximate surface area is 105 Å². The van der Waals surface area contributed by atoms with E-state index in [0.29, 0.717) is 6.61 Å². The molecule has 1 aromatic heterocycles. The number of thiazole rings is 1. The molecule has 0 aliphatic rings. The van der Waals surface area contributed by atoms with Crippen molar-refractivity contribution in [1.82, 2.24) is 4.98 Å². The lowest BCUT2D eigenvalue weighted by Gasteiger charge is -2.08. The van der Waals surface area contributed by atoms with Crippen LogP contribution in [0.5, 0.6) is 5.75 Å². The Morgan fingerprint density at radius 3 is 2.71 bits per heavy atom. The number of nitrogen functional groups attached to an aromatic ring is 1. The van der Waals surface area contributed by atoms with Gasteiger partial charge >= 0.3 is 0 Å². The van der Waals surface area contributed by atoms with Gasteiger partial charge in [-0.3, -0.25) is 0 Å². The number of nitrogens with two attached hydrogens (primary N) is 1. The lowest BCUT2D eigenvalue weighted by molar-refractivity contribution is 0.303. The number of aromatic nitrogens is 1. The molecule has 0 aliphatic heterocycles. The molecule has 2 aromatic rings. The maximum absolute atomic E-state index is 5.74. The van der Waals surface area contributed by atoms with Gasteiger partial charge in [0, 0.05) is 16.6 Å². The van der Waals surface area contributed by atoms with Gasteiger partial charge in [-0.2, -0.15) is 0 Å². The molecule has 0 fully saturated rings. The molecule has 0 atom stereocenters. The molecule has 0 spiro atoms. The smallest absolute Gasteiger partial charge is 0.140 e. The topological polar surface area (TPSA) is 48.1 Å². The van der Waals surface area contributed by atoms with Crippen molar-refractivity contribution < 1.29 is 4.74 Å². The second kappa shape index (κ2) is 4.75. The molecule has 0 unspecified atom stereocenters. The van der Waals surface area contributed by atoms with Gasteiger partial charge in [0.1, 0.15) is 17.4 Å². The molecule has 0 radical (unpaired) electrons. The van der Waals surface area contributed by atoms with Crippen LogP contribution in [-0.2, 0) is 6.61 Å². The minimum Gasteiger partial charge on any atom is -0.486 e. The van der Waals surface area contributed by atoms with E-state index < -0.39 is 0 Å². The Hall–Kier alpha value is -1.55. The molecule has 0 aliphatic carbocycles. The number of aryl methyl sites for hydroxylation is 3. The van der Waals surface area contributed by atoms with Gasteiger partial charge in [-0.05, 0) is 32.4 Å². The summed E-state index contributed by atoms with van der Waals surface area (Å²) < 4.78 is 5.74. The summed E-state index contributed by atoms with van der Waals surface area (Å²) in [6.45, 7) is 6.60. The van der Waals surface area contributed by atoms with Crippen molar-refractivity contribution in [2.75, 3.05) is 5.73 Å². The van der Waals surface area contributed by atoms with Crippen LogP contribution in [0.3, 0.4) is 0 Å². The Morgan fingerprint density at radius 1 is 1.29 bits per heavy atom. The molecule has 2 rings (SSSR count). The highest BCUT2D eigenvalue weighted by Gasteiger charge is 2.06. The number of anilines is 1. The summed E-state index contributed by atoms with van der Waals surface area (Å²) in [5.74, 6) is 0.829. The van der Waals surface area contributed by atoms with E-state index in [0.717, 1.165) is 27.7 Å². The van der Waals surface area contributed by atoms with Crippen LogP contribution in [0, 0.1) is 20.8 Å². The van der Waals surface area contributed by atoms with E-state index >= 15 is 0 Å². The van der Waals surface area contributed by atoms with E-state index in [2.05, 4.69) is 11.9 Å². The molecule has 1 heterocycles. The minimum atomic E-state index is 0.504. The highest BCUT2D eigenvalue weighted by Crippen LogP contribution is 2.23. The maximum atomic E-state index is 5.74. The first-order chi connectivity index (χ1) is 8.06. The number of ether oxygens (including phenoxy) is 1. The number of benzene rings is 1. The first kappa shape index (κ1) is 11.9. The Kier molecular flexibility index (Phi) is 3.33. The molecule has 0 saturated carbocycles. The van der Waals surface area contributed by atoms with Crippen molar-refractivity contribution in [3.05, 3.63) is 39.3 Å². The molecular formula is C13H16N2OS. The molecule has 17 heavy (non-hydrogen) atoms. The second-order valence-corrected chi connectivity index (χ2v) is 5.35. The van der Waals surface area contributed by atoms with Crippen LogP contribution in [0.15, 0.2) is 18.2 Å². The Morgan fingerprint density at radius 2 is 2.06 bits per heavy atom. The summed E-state index contributed by atoms with van der Waals surface area (Å²) in [4.78, 5) is 5.68. The van der Waals surface area contributed by atoms with E-state index in [4.69, 9.17) is 10.5 Å². The molecule has 4 heteroatoms. The summed E-state index contributed by atoms with van der Waals surface area (Å²) in [6, 6.07) is 5.69.